The minimum absolute atomic E-state index is 0.0190. The van der Waals surface area contributed by atoms with Crippen LogP contribution in [0, 0.1) is 5.82 Å². The molecule has 1 saturated heterocycles. The van der Waals surface area contributed by atoms with Gasteiger partial charge in [0.2, 0.25) is 5.75 Å². The quantitative estimate of drug-likeness (QED) is 0.309. The van der Waals surface area contributed by atoms with Gasteiger partial charge in [-0.1, -0.05) is 35.3 Å². The zero-order chi connectivity index (χ0) is 26.3. The van der Waals surface area contributed by atoms with Gasteiger partial charge in [-0.15, -0.1) is 0 Å². The molecule has 0 aliphatic carbocycles. The number of carbonyl (C=O) groups is 1. The number of nitrogens with two attached hydrogens (primary N) is 1. The number of aromatic nitrogens is 1. The second kappa shape index (κ2) is 10.2. The van der Waals surface area contributed by atoms with E-state index in [9.17, 15) is 9.18 Å². The van der Waals surface area contributed by atoms with E-state index in [0.29, 0.717) is 35.2 Å². The molecule has 37 heavy (non-hydrogen) atoms. The molecule has 4 aromatic rings. The third-order valence-electron chi connectivity index (χ3n) is 6.61. The molecule has 2 aromatic heterocycles. The molecule has 1 amide bonds. The lowest BCUT2D eigenvalue weighted by Gasteiger charge is -2.32. The lowest BCUT2D eigenvalue weighted by Crippen LogP contribution is -2.47. The molecule has 0 unspecified atom stereocenters. The number of fused-ring (bicyclic) bond motifs is 1. The molecule has 192 valence electrons. The number of amides is 1. The average molecular weight is 543 g/mol. The molecule has 2 aromatic carbocycles. The highest BCUT2D eigenvalue weighted by Crippen LogP contribution is 2.41. The highest BCUT2D eigenvalue weighted by molar-refractivity contribution is 6.36. The van der Waals surface area contributed by atoms with Crippen molar-refractivity contribution in [2.75, 3.05) is 39.0 Å². The molecule has 1 aliphatic heterocycles. The lowest BCUT2D eigenvalue weighted by molar-refractivity contribution is 0.0664. The van der Waals surface area contributed by atoms with E-state index < -0.39 is 11.9 Å². The summed E-state index contributed by atoms with van der Waals surface area (Å²) < 4.78 is 26.0. The highest BCUT2D eigenvalue weighted by atomic mass is 35.5. The van der Waals surface area contributed by atoms with E-state index in [2.05, 4.69) is 16.9 Å². The van der Waals surface area contributed by atoms with Crippen LogP contribution in [-0.4, -0.2) is 53.9 Å². The Hall–Kier alpha value is -3.33. The zero-order valence-corrected chi connectivity index (χ0v) is 21.8. The fourth-order valence-corrected chi connectivity index (χ4v) is 5.13. The van der Waals surface area contributed by atoms with Crippen molar-refractivity contribution in [2.45, 2.75) is 13.0 Å². The van der Waals surface area contributed by atoms with E-state index >= 15 is 0 Å². The first-order valence-electron chi connectivity index (χ1n) is 11.8. The highest BCUT2D eigenvalue weighted by Gasteiger charge is 2.24. The van der Waals surface area contributed by atoms with Gasteiger partial charge < -0.3 is 24.7 Å². The van der Waals surface area contributed by atoms with Crippen LogP contribution in [0.2, 0.25) is 10.0 Å². The van der Waals surface area contributed by atoms with Crippen LogP contribution in [-0.2, 0) is 0 Å². The number of nitrogen functional groups attached to an aromatic ring is 1. The van der Waals surface area contributed by atoms with Gasteiger partial charge in [0.25, 0.3) is 5.91 Å². The molecule has 10 heteroatoms. The third kappa shape index (κ3) is 4.84. The Labute approximate surface area is 223 Å². The summed E-state index contributed by atoms with van der Waals surface area (Å²) in [5, 5.41) is 0.819. The van der Waals surface area contributed by atoms with Crippen LogP contribution < -0.4 is 10.5 Å². The van der Waals surface area contributed by atoms with E-state index in [1.165, 1.54) is 12.1 Å². The summed E-state index contributed by atoms with van der Waals surface area (Å²) in [6.07, 6.45) is 2.45. The number of pyridine rings is 1. The van der Waals surface area contributed by atoms with E-state index in [1.807, 2.05) is 29.2 Å². The Bertz CT molecular complexity index is 1470. The molecule has 0 spiro atoms. The molecule has 0 bridgehead atoms. The Balaban J connectivity index is 1.43. The molecule has 1 aliphatic rings. The summed E-state index contributed by atoms with van der Waals surface area (Å²) in [4.78, 5) is 21.2. The Kier molecular flexibility index (Phi) is 6.98. The number of piperazine rings is 1. The smallest absolute Gasteiger partial charge is 0.253 e. The molecule has 3 heterocycles. The predicted molar refractivity (Wildman–Crippen MR) is 143 cm³/mol. The minimum Gasteiger partial charge on any atom is -0.478 e. The maximum atomic E-state index is 14.1. The number of furan rings is 1. The SMILES string of the molecule is C[C@@H](Oc1c(N)ncc2c(-c3ccc(C(=O)N4CCN(C)CC4)cc3)coc12)c1c(Cl)ccc(F)c1Cl. The molecule has 2 N–H and O–H groups in total. The van der Waals surface area contributed by atoms with Crippen molar-refractivity contribution in [2.24, 2.45) is 0 Å². The normalized spacial score (nSPS) is 15.2. The summed E-state index contributed by atoms with van der Waals surface area (Å²) in [5.41, 5.74) is 9.04. The second-order valence-electron chi connectivity index (χ2n) is 9.05. The van der Waals surface area contributed by atoms with Crippen LogP contribution in [0.1, 0.15) is 28.9 Å². The maximum Gasteiger partial charge on any atom is 0.253 e. The molecular formula is C27H25Cl2FN4O3. The van der Waals surface area contributed by atoms with Gasteiger partial charge in [-0.25, -0.2) is 9.37 Å². The van der Waals surface area contributed by atoms with Crippen molar-refractivity contribution >= 4 is 45.9 Å². The summed E-state index contributed by atoms with van der Waals surface area (Å²) in [7, 11) is 2.05. The van der Waals surface area contributed by atoms with Gasteiger partial charge >= 0.3 is 0 Å². The molecule has 0 saturated carbocycles. The van der Waals surface area contributed by atoms with Gasteiger partial charge in [0, 0.05) is 54.1 Å². The van der Waals surface area contributed by atoms with Crippen LogP contribution in [0.5, 0.6) is 5.75 Å². The van der Waals surface area contributed by atoms with Crippen LogP contribution in [0.15, 0.2) is 53.3 Å². The van der Waals surface area contributed by atoms with Gasteiger partial charge in [-0.3, -0.25) is 4.79 Å². The van der Waals surface area contributed by atoms with Crippen LogP contribution >= 0.6 is 23.2 Å². The molecular weight excluding hydrogens is 518 g/mol. The first kappa shape index (κ1) is 25.3. The second-order valence-corrected chi connectivity index (χ2v) is 9.84. The van der Waals surface area contributed by atoms with Crippen LogP contribution in [0.3, 0.4) is 0 Å². The minimum atomic E-state index is -0.737. The predicted octanol–water partition coefficient (Wildman–Crippen LogP) is 6.05. The Morgan fingerprint density at radius 2 is 1.84 bits per heavy atom. The van der Waals surface area contributed by atoms with Crippen LogP contribution in [0.25, 0.3) is 22.1 Å². The monoisotopic (exact) mass is 542 g/mol. The van der Waals surface area contributed by atoms with Gasteiger partial charge in [0.05, 0.1) is 16.7 Å². The van der Waals surface area contributed by atoms with Crippen LogP contribution in [0.4, 0.5) is 10.2 Å². The standard InChI is InChI=1S/C27H25Cl2FN4O3/c1-15(22-20(28)7-8-21(30)23(22)29)37-25-24-18(13-32-26(25)31)19(14-36-24)16-3-5-17(6-4-16)27(35)34-11-9-33(2)10-12-34/h3-8,13-15H,9-12H2,1-2H3,(H2,31,32)/t15-/m1/s1. The molecule has 0 radical (unpaired) electrons. The van der Waals surface area contributed by atoms with Crippen molar-refractivity contribution in [3.05, 3.63) is 75.8 Å². The number of hydrogen-bond donors (Lipinski definition) is 1. The first-order chi connectivity index (χ1) is 17.7. The van der Waals surface area contributed by atoms with Gasteiger partial charge in [0.1, 0.15) is 11.9 Å². The average Bonchev–Trinajstić information content (AvgIpc) is 3.33. The van der Waals surface area contributed by atoms with E-state index in [0.717, 1.165) is 24.2 Å². The maximum absolute atomic E-state index is 14.1. The van der Waals surface area contributed by atoms with E-state index in [4.69, 9.17) is 38.1 Å². The number of rotatable bonds is 5. The summed E-state index contributed by atoms with van der Waals surface area (Å²) in [6, 6.07) is 9.99. The van der Waals surface area contributed by atoms with Crippen molar-refractivity contribution in [1.82, 2.24) is 14.8 Å². The topological polar surface area (TPSA) is 84.8 Å². The largest absolute Gasteiger partial charge is 0.478 e. The van der Waals surface area contributed by atoms with Crippen molar-refractivity contribution in [1.29, 1.82) is 0 Å². The number of likely N-dealkylation sites (N-methyl/N-ethyl adjacent to an activating group) is 1. The number of hydrogen-bond acceptors (Lipinski definition) is 6. The Morgan fingerprint density at radius 1 is 1.14 bits per heavy atom. The third-order valence-corrected chi connectivity index (χ3v) is 7.33. The fourth-order valence-electron chi connectivity index (χ4n) is 4.45. The Morgan fingerprint density at radius 3 is 2.54 bits per heavy atom. The van der Waals surface area contributed by atoms with Crippen molar-refractivity contribution < 1.29 is 18.3 Å². The van der Waals surface area contributed by atoms with Crippen molar-refractivity contribution in [3.63, 3.8) is 0 Å². The number of ether oxygens (including phenoxy) is 1. The van der Waals surface area contributed by atoms with Gasteiger partial charge in [-0.05, 0) is 43.8 Å². The number of nitrogens with zero attached hydrogens (tertiary/aromatic N) is 3. The van der Waals surface area contributed by atoms with Gasteiger partial charge in [-0.2, -0.15) is 0 Å². The number of carbonyl (C=O) groups excluding carboxylic acids is 1. The molecule has 1 atom stereocenters. The van der Waals surface area contributed by atoms with Crippen molar-refractivity contribution in [3.8, 4) is 16.9 Å². The molecule has 7 nitrogen and oxygen atoms in total. The number of halogens is 3. The molecule has 5 rings (SSSR count). The lowest BCUT2D eigenvalue weighted by atomic mass is 10.0. The van der Waals surface area contributed by atoms with E-state index in [-0.39, 0.29) is 27.5 Å². The van der Waals surface area contributed by atoms with Gasteiger partial charge in [0.15, 0.2) is 11.4 Å². The zero-order valence-electron chi connectivity index (χ0n) is 20.3. The molecule has 1 fully saturated rings. The van der Waals surface area contributed by atoms with E-state index in [1.54, 1.807) is 19.4 Å². The first-order valence-corrected chi connectivity index (χ1v) is 12.5. The summed E-state index contributed by atoms with van der Waals surface area (Å²) in [6.45, 7) is 4.83. The summed E-state index contributed by atoms with van der Waals surface area (Å²) >= 11 is 12.4. The number of anilines is 1. The number of benzene rings is 2. The summed E-state index contributed by atoms with van der Waals surface area (Å²) in [5.74, 6) is -0.271. The fraction of sp³-hybridized carbons (Fsp3) is 0.259.